The average Bonchev–Trinajstić information content (AvgIpc) is 3.10. The lowest BCUT2D eigenvalue weighted by molar-refractivity contribution is -0.147. The van der Waals surface area contributed by atoms with Gasteiger partial charge in [-0.15, -0.1) is 0 Å². The third-order valence-electron chi connectivity index (χ3n) is 4.21. The van der Waals surface area contributed by atoms with E-state index >= 15 is 0 Å². The zero-order valence-electron chi connectivity index (χ0n) is 15.1. The molecule has 0 aliphatic heterocycles. The van der Waals surface area contributed by atoms with Crippen molar-refractivity contribution < 1.29 is 24.0 Å². The maximum absolute atomic E-state index is 11.9. The predicted molar refractivity (Wildman–Crippen MR) is 93.7 cm³/mol. The molecule has 1 aromatic heterocycles. The number of amides is 1. The quantitative estimate of drug-likeness (QED) is 0.705. The summed E-state index contributed by atoms with van der Waals surface area (Å²) in [6.07, 6.45) is 1.41. The summed E-state index contributed by atoms with van der Waals surface area (Å²) in [6.45, 7) is 3.21. The number of benzene rings is 1. The maximum atomic E-state index is 11.9. The zero-order valence-corrected chi connectivity index (χ0v) is 15.1. The van der Waals surface area contributed by atoms with E-state index in [1.54, 1.807) is 14.0 Å². The summed E-state index contributed by atoms with van der Waals surface area (Å²) in [7, 11) is 1.59. The van der Waals surface area contributed by atoms with Crippen molar-refractivity contribution in [3.05, 3.63) is 30.2 Å². The summed E-state index contributed by atoms with van der Waals surface area (Å²) in [5, 5.41) is 15.7. The van der Waals surface area contributed by atoms with Crippen LogP contribution in [0.1, 0.15) is 39.0 Å². The Labute approximate surface area is 151 Å². The minimum absolute atomic E-state index is 0.184. The van der Waals surface area contributed by atoms with Crippen molar-refractivity contribution in [3.63, 3.8) is 0 Å². The molecule has 0 aliphatic carbocycles. The lowest BCUT2D eigenvalue weighted by Gasteiger charge is -2.24. The Morgan fingerprint density at radius 3 is 2.58 bits per heavy atom. The van der Waals surface area contributed by atoms with Crippen LogP contribution in [0.5, 0.6) is 5.75 Å². The summed E-state index contributed by atoms with van der Waals surface area (Å²) in [5.41, 5.74) is -0.443. The minimum Gasteiger partial charge on any atom is -0.497 e. The van der Waals surface area contributed by atoms with E-state index in [4.69, 9.17) is 9.26 Å². The number of aryl methyl sites for hydroxylation is 1. The van der Waals surface area contributed by atoms with Gasteiger partial charge in [0.25, 0.3) is 0 Å². The Morgan fingerprint density at radius 2 is 2.00 bits per heavy atom. The fourth-order valence-corrected chi connectivity index (χ4v) is 2.28. The zero-order chi connectivity index (χ0) is 19.2. The van der Waals surface area contributed by atoms with E-state index in [1.807, 2.05) is 24.3 Å². The highest BCUT2D eigenvalue weighted by Gasteiger charge is 2.32. The Bertz CT molecular complexity index is 756. The number of aromatic nitrogens is 2. The number of hydrogen-bond donors (Lipinski definition) is 2. The lowest BCUT2D eigenvalue weighted by atomic mass is 9.99. The first kappa shape index (κ1) is 19.4. The number of carbonyl (C=O) groups is 2. The monoisotopic (exact) mass is 361 g/mol. The smallest absolute Gasteiger partial charge is 0.329 e. The van der Waals surface area contributed by atoms with E-state index in [0.29, 0.717) is 31.0 Å². The van der Waals surface area contributed by atoms with E-state index in [9.17, 15) is 14.7 Å². The summed E-state index contributed by atoms with van der Waals surface area (Å²) in [5.74, 6) is 0.279. The van der Waals surface area contributed by atoms with Gasteiger partial charge in [-0.1, -0.05) is 12.1 Å². The number of methoxy groups -OCH3 is 1. The van der Waals surface area contributed by atoms with Gasteiger partial charge in [0.1, 0.15) is 11.3 Å². The first-order valence-electron chi connectivity index (χ1n) is 8.39. The molecule has 0 spiro atoms. The molecule has 0 radical (unpaired) electrons. The molecule has 1 heterocycles. The number of aliphatic carboxylic acids is 1. The standard InChI is InChI=1S/C18H23N3O5/c1-4-18(2,17(23)24)20-14(22)6-5-7-15-19-16(21-26-15)12-8-10-13(25-3)11-9-12/h8-11H,4-7H2,1-3H3,(H,20,22)(H,23,24). The summed E-state index contributed by atoms with van der Waals surface area (Å²) >= 11 is 0. The summed E-state index contributed by atoms with van der Waals surface area (Å²) < 4.78 is 10.3. The third-order valence-corrected chi connectivity index (χ3v) is 4.21. The van der Waals surface area contributed by atoms with Crippen LogP contribution in [0.4, 0.5) is 0 Å². The largest absolute Gasteiger partial charge is 0.497 e. The molecule has 0 bridgehead atoms. The van der Waals surface area contributed by atoms with Crippen molar-refractivity contribution in [1.29, 1.82) is 0 Å². The number of nitrogens with one attached hydrogen (secondary N) is 1. The highest BCUT2D eigenvalue weighted by Crippen LogP contribution is 2.20. The van der Waals surface area contributed by atoms with Gasteiger partial charge in [-0.25, -0.2) is 4.79 Å². The van der Waals surface area contributed by atoms with E-state index in [2.05, 4.69) is 15.5 Å². The van der Waals surface area contributed by atoms with Gasteiger partial charge in [-0.2, -0.15) is 4.98 Å². The molecule has 1 aromatic carbocycles. The molecule has 0 aliphatic rings. The van der Waals surface area contributed by atoms with Gasteiger partial charge in [0.2, 0.25) is 17.6 Å². The topological polar surface area (TPSA) is 115 Å². The molecule has 8 nitrogen and oxygen atoms in total. The highest BCUT2D eigenvalue weighted by atomic mass is 16.5. The molecular formula is C18H23N3O5. The molecular weight excluding hydrogens is 338 g/mol. The number of ether oxygens (including phenoxy) is 1. The molecule has 2 aromatic rings. The Kier molecular flexibility index (Phi) is 6.32. The van der Waals surface area contributed by atoms with E-state index < -0.39 is 11.5 Å². The summed E-state index contributed by atoms with van der Waals surface area (Å²) in [4.78, 5) is 27.5. The van der Waals surface area contributed by atoms with Crippen LogP contribution in [0.3, 0.4) is 0 Å². The molecule has 0 fully saturated rings. The normalized spacial score (nSPS) is 13.0. The Balaban J connectivity index is 1.86. The molecule has 26 heavy (non-hydrogen) atoms. The van der Waals surface area contributed by atoms with Gasteiger partial charge < -0.3 is 19.7 Å². The maximum Gasteiger partial charge on any atom is 0.329 e. The fourth-order valence-electron chi connectivity index (χ4n) is 2.28. The van der Waals surface area contributed by atoms with Crippen molar-refractivity contribution in [2.75, 3.05) is 7.11 Å². The molecule has 1 atom stereocenters. The number of carbonyl (C=O) groups excluding carboxylic acids is 1. The lowest BCUT2D eigenvalue weighted by Crippen LogP contribution is -2.51. The SMILES string of the molecule is CCC(C)(NC(=O)CCCc1nc(-c2ccc(OC)cc2)no1)C(=O)O. The highest BCUT2D eigenvalue weighted by molar-refractivity contribution is 5.86. The van der Waals surface area contributed by atoms with Gasteiger partial charge in [0.15, 0.2) is 0 Å². The minimum atomic E-state index is -1.25. The van der Waals surface area contributed by atoms with Gasteiger partial charge in [0.05, 0.1) is 7.11 Å². The number of carboxylic acids is 1. The molecule has 0 saturated heterocycles. The third kappa shape index (κ3) is 4.81. The van der Waals surface area contributed by atoms with E-state index in [1.165, 1.54) is 6.92 Å². The van der Waals surface area contributed by atoms with Crippen molar-refractivity contribution in [3.8, 4) is 17.1 Å². The Hall–Kier alpha value is -2.90. The number of hydrogen-bond acceptors (Lipinski definition) is 6. The van der Waals surface area contributed by atoms with Crippen LogP contribution in [0.25, 0.3) is 11.4 Å². The summed E-state index contributed by atoms with van der Waals surface area (Å²) in [6, 6.07) is 7.28. The number of nitrogens with zero attached hydrogens (tertiary/aromatic N) is 2. The van der Waals surface area contributed by atoms with E-state index in [0.717, 1.165) is 11.3 Å². The molecule has 2 N–H and O–H groups in total. The Morgan fingerprint density at radius 1 is 1.31 bits per heavy atom. The van der Waals surface area contributed by atoms with Crippen molar-refractivity contribution in [2.45, 2.75) is 45.1 Å². The van der Waals surface area contributed by atoms with Crippen LogP contribution in [0.15, 0.2) is 28.8 Å². The van der Waals surface area contributed by atoms with Crippen LogP contribution >= 0.6 is 0 Å². The molecule has 1 unspecified atom stereocenters. The molecule has 2 rings (SSSR count). The van der Waals surface area contributed by atoms with Gasteiger partial charge in [-0.05, 0) is 44.0 Å². The molecule has 1 amide bonds. The van der Waals surface area contributed by atoms with Crippen LogP contribution < -0.4 is 10.1 Å². The molecule has 0 saturated carbocycles. The first-order valence-corrected chi connectivity index (χ1v) is 8.39. The van der Waals surface area contributed by atoms with Gasteiger partial charge in [0, 0.05) is 18.4 Å². The van der Waals surface area contributed by atoms with Crippen LogP contribution in [0, 0.1) is 0 Å². The number of rotatable bonds is 9. The van der Waals surface area contributed by atoms with Crippen molar-refractivity contribution in [1.82, 2.24) is 15.5 Å². The van der Waals surface area contributed by atoms with Crippen LogP contribution in [-0.4, -0.2) is 39.8 Å². The van der Waals surface area contributed by atoms with Crippen molar-refractivity contribution in [2.24, 2.45) is 0 Å². The van der Waals surface area contributed by atoms with Gasteiger partial charge >= 0.3 is 5.97 Å². The van der Waals surface area contributed by atoms with Crippen LogP contribution in [0.2, 0.25) is 0 Å². The predicted octanol–water partition coefficient (Wildman–Crippen LogP) is 2.44. The second-order valence-corrected chi connectivity index (χ2v) is 6.13. The first-order chi connectivity index (χ1) is 12.4. The second kappa shape index (κ2) is 8.46. The second-order valence-electron chi connectivity index (χ2n) is 6.13. The van der Waals surface area contributed by atoms with Gasteiger partial charge in [-0.3, -0.25) is 4.79 Å². The van der Waals surface area contributed by atoms with E-state index in [-0.39, 0.29) is 12.3 Å². The number of carboxylic acid groups (broad SMARTS) is 1. The molecule has 8 heteroatoms. The average molecular weight is 361 g/mol. The fraction of sp³-hybridized carbons (Fsp3) is 0.444. The molecule has 140 valence electrons. The van der Waals surface area contributed by atoms with Crippen LogP contribution in [-0.2, 0) is 16.0 Å². The van der Waals surface area contributed by atoms with Crippen molar-refractivity contribution >= 4 is 11.9 Å².